The third-order valence-corrected chi connectivity index (χ3v) is 8.11. The predicted octanol–water partition coefficient (Wildman–Crippen LogP) is 3.66. The lowest BCUT2D eigenvalue weighted by molar-refractivity contribution is 0.0821. The Labute approximate surface area is 167 Å². The highest BCUT2D eigenvalue weighted by atomic mass is 79.9. The third kappa shape index (κ3) is 1.85. The molecule has 0 saturated carbocycles. The summed E-state index contributed by atoms with van der Waals surface area (Å²) < 4.78 is 1.34. The van der Waals surface area contributed by atoms with E-state index in [9.17, 15) is 19.2 Å². The molecule has 0 bridgehead atoms. The quantitative estimate of drug-likeness (QED) is 0.465. The van der Waals surface area contributed by atoms with E-state index in [0.29, 0.717) is 17.9 Å². The molecule has 0 atom stereocenters. The van der Waals surface area contributed by atoms with Gasteiger partial charge in [-0.05, 0) is 63.7 Å². The first-order valence-electron chi connectivity index (χ1n) is 6.32. The van der Waals surface area contributed by atoms with Gasteiger partial charge in [0.2, 0.25) is 0 Å². The van der Waals surface area contributed by atoms with Gasteiger partial charge in [0.1, 0.15) is 0 Å². The number of nitrogens with one attached hydrogen (secondary N) is 2. The second kappa shape index (κ2) is 5.20. The highest BCUT2D eigenvalue weighted by Gasteiger charge is 2.39. The second-order valence-corrected chi connectivity index (χ2v) is 8.24. The van der Waals surface area contributed by atoms with Gasteiger partial charge >= 0.3 is 0 Å². The van der Waals surface area contributed by atoms with Gasteiger partial charge in [0.05, 0.1) is 22.3 Å². The third-order valence-electron chi connectivity index (χ3n) is 3.88. The summed E-state index contributed by atoms with van der Waals surface area (Å²) >= 11 is 13.2. The van der Waals surface area contributed by atoms with E-state index >= 15 is 0 Å². The molecule has 0 fully saturated rings. The average molecular weight is 582 g/mol. The van der Waals surface area contributed by atoms with Crippen LogP contribution >= 0.6 is 63.7 Å². The number of halogens is 4. The zero-order valence-corrected chi connectivity index (χ0v) is 17.5. The number of hydrogen-bond acceptors (Lipinski definition) is 4. The fraction of sp³-hybridized carbons (Fsp3) is 0. The summed E-state index contributed by atoms with van der Waals surface area (Å²) in [6.07, 6.45) is 0. The molecular weight excluding hydrogens is 580 g/mol. The summed E-state index contributed by atoms with van der Waals surface area (Å²) in [6, 6.07) is 0. The normalized spacial score (nSPS) is 15.7. The minimum Gasteiger partial charge on any atom is -0.288 e. The molecule has 0 aliphatic carbocycles. The summed E-state index contributed by atoms with van der Waals surface area (Å²) in [7, 11) is 0. The topological polar surface area (TPSA) is 92.3 Å². The van der Waals surface area contributed by atoms with Crippen molar-refractivity contribution in [3.05, 3.63) is 40.1 Å². The molecule has 4 amide bonds. The maximum atomic E-state index is 12.3. The second-order valence-electron chi connectivity index (χ2n) is 5.07. The fourth-order valence-corrected chi connectivity index (χ4v) is 5.24. The molecule has 120 valence electrons. The molecule has 0 unspecified atom stereocenters. The minimum absolute atomic E-state index is 0.187. The lowest BCUT2D eigenvalue weighted by Gasteiger charge is -2.27. The summed E-state index contributed by atoms with van der Waals surface area (Å²) in [5.41, 5.74) is 0.749. The summed E-state index contributed by atoms with van der Waals surface area (Å²) in [4.78, 5) is 49.4. The van der Waals surface area contributed by atoms with E-state index in [4.69, 9.17) is 0 Å². The minimum atomic E-state index is -0.606. The number of carbonyl (C=O) groups is 4. The van der Waals surface area contributed by atoms with E-state index in [0.717, 1.165) is 0 Å². The van der Waals surface area contributed by atoms with Crippen LogP contribution in [-0.2, 0) is 0 Å². The SMILES string of the molecule is O=C1NC(=O)c2c(Br)c(Br)c3c4c(c(Br)c(Br)c1c24)C(=O)NC3=O. The van der Waals surface area contributed by atoms with Gasteiger partial charge in [-0.1, -0.05) is 0 Å². The van der Waals surface area contributed by atoms with Crippen LogP contribution in [0, 0.1) is 0 Å². The van der Waals surface area contributed by atoms with Gasteiger partial charge in [-0.3, -0.25) is 29.8 Å². The predicted molar refractivity (Wildman–Crippen MR) is 98.3 cm³/mol. The highest BCUT2D eigenvalue weighted by molar-refractivity contribution is 9.13. The number of benzene rings is 2. The molecule has 0 saturated heterocycles. The Kier molecular flexibility index (Phi) is 3.55. The van der Waals surface area contributed by atoms with E-state index < -0.39 is 23.6 Å². The average Bonchev–Trinajstić information content (AvgIpc) is 2.49. The van der Waals surface area contributed by atoms with Gasteiger partial charge < -0.3 is 0 Å². The van der Waals surface area contributed by atoms with Crippen LogP contribution in [0.15, 0.2) is 17.9 Å². The largest absolute Gasteiger partial charge is 0.288 e. The monoisotopic (exact) mass is 578 g/mol. The van der Waals surface area contributed by atoms with E-state index in [2.05, 4.69) is 74.4 Å². The van der Waals surface area contributed by atoms with Gasteiger partial charge in [-0.15, -0.1) is 0 Å². The number of hydrogen-bond donors (Lipinski definition) is 2. The fourth-order valence-electron chi connectivity index (χ4n) is 2.94. The van der Waals surface area contributed by atoms with Gasteiger partial charge in [0.25, 0.3) is 23.6 Å². The number of carbonyl (C=O) groups excluding carboxylic acids is 4. The van der Waals surface area contributed by atoms with E-state index in [-0.39, 0.29) is 33.0 Å². The standard InChI is InChI=1S/C14H2Br4N2O4/c15-7-3-1-2-5(9(7)17)13(23)20-14(24)6(2)10(18)8(16)4(1)12(22)19-11(3)21/h(H,19,21,22)(H,20,23,24). The van der Waals surface area contributed by atoms with Crippen LogP contribution in [-0.4, -0.2) is 23.6 Å². The molecule has 2 N–H and O–H groups in total. The number of rotatable bonds is 0. The molecule has 0 spiro atoms. The smallest absolute Gasteiger partial charge is 0.259 e. The molecule has 2 aliphatic heterocycles. The van der Waals surface area contributed by atoms with Crippen molar-refractivity contribution in [3.8, 4) is 0 Å². The number of imide groups is 2. The van der Waals surface area contributed by atoms with Crippen LogP contribution in [0.4, 0.5) is 0 Å². The molecule has 10 heteroatoms. The Morgan fingerprint density at radius 1 is 0.458 bits per heavy atom. The van der Waals surface area contributed by atoms with Crippen molar-refractivity contribution < 1.29 is 19.2 Å². The summed E-state index contributed by atoms with van der Waals surface area (Å²) in [5, 5.41) is 5.06. The van der Waals surface area contributed by atoms with Crippen LogP contribution < -0.4 is 10.6 Å². The molecule has 2 aliphatic rings. The molecule has 2 aromatic carbocycles. The first-order chi connectivity index (χ1) is 11.3. The molecule has 0 aromatic heterocycles. The van der Waals surface area contributed by atoms with Crippen LogP contribution in [0.3, 0.4) is 0 Å². The lowest BCUT2D eigenvalue weighted by atomic mass is 9.87. The lowest BCUT2D eigenvalue weighted by Crippen LogP contribution is -2.39. The van der Waals surface area contributed by atoms with Crippen molar-refractivity contribution in [2.24, 2.45) is 0 Å². The van der Waals surface area contributed by atoms with Gasteiger partial charge in [0.15, 0.2) is 0 Å². The maximum absolute atomic E-state index is 12.3. The van der Waals surface area contributed by atoms with Crippen molar-refractivity contribution in [1.29, 1.82) is 0 Å². The van der Waals surface area contributed by atoms with Crippen molar-refractivity contribution >= 4 is 98.1 Å². The van der Waals surface area contributed by atoms with Crippen LogP contribution in [0.5, 0.6) is 0 Å². The first-order valence-corrected chi connectivity index (χ1v) is 9.49. The van der Waals surface area contributed by atoms with Gasteiger partial charge in [0, 0.05) is 28.7 Å². The summed E-state index contributed by atoms with van der Waals surface area (Å²) in [5.74, 6) is -2.43. The molecule has 4 rings (SSSR count). The Hall–Kier alpha value is -1.10. The Bertz CT molecular complexity index is 914. The number of amides is 4. The zero-order valence-electron chi connectivity index (χ0n) is 11.1. The molecular formula is C14H2Br4N2O4. The van der Waals surface area contributed by atoms with Gasteiger partial charge in [-0.25, -0.2) is 0 Å². The maximum Gasteiger partial charge on any atom is 0.259 e. The van der Waals surface area contributed by atoms with E-state index in [1.807, 2.05) is 0 Å². The van der Waals surface area contributed by atoms with Crippen LogP contribution in [0.2, 0.25) is 0 Å². The molecule has 6 nitrogen and oxygen atoms in total. The zero-order chi connectivity index (χ0) is 17.5. The van der Waals surface area contributed by atoms with Crippen molar-refractivity contribution in [1.82, 2.24) is 10.6 Å². The van der Waals surface area contributed by atoms with Crippen molar-refractivity contribution in [2.75, 3.05) is 0 Å². The first kappa shape index (κ1) is 16.4. The van der Waals surface area contributed by atoms with Gasteiger partial charge in [-0.2, -0.15) is 0 Å². The molecule has 2 aromatic rings. The van der Waals surface area contributed by atoms with Crippen LogP contribution in [0.1, 0.15) is 41.4 Å². The Morgan fingerprint density at radius 2 is 0.667 bits per heavy atom. The van der Waals surface area contributed by atoms with Crippen molar-refractivity contribution in [3.63, 3.8) is 0 Å². The van der Waals surface area contributed by atoms with Crippen LogP contribution in [0.25, 0.3) is 10.8 Å². The highest BCUT2D eigenvalue weighted by Crippen LogP contribution is 2.48. The molecule has 0 radical (unpaired) electrons. The van der Waals surface area contributed by atoms with E-state index in [1.165, 1.54) is 0 Å². The Balaban J connectivity index is 2.45. The van der Waals surface area contributed by atoms with Crippen molar-refractivity contribution in [2.45, 2.75) is 0 Å². The molecule has 24 heavy (non-hydrogen) atoms. The molecule has 2 heterocycles. The van der Waals surface area contributed by atoms with E-state index in [1.54, 1.807) is 0 Å². The summed E-state index contributed by atoms with van der Waals surface area (Å²) in [6.45, 7) is 0. The Morgan fingerprint density at radius 3 is 0.875 bits per heavy atom.